The molecule has 188 valence electrons. The Kier molecular flexibility index (Phi) is 7.73. The number of carbonyl (C=O) groups excluding carboxylic acids is 2. The van der Waals surface area contributed by atoms with Gasteiger partial charge < -0.3 is 15.0 Å². The predicted molar refractivity (Wildman–Crippen MR) is 140 cm³/mol. The van der Waals surface area contributed by atoms with Crippen molar-refractivity contribution in [1.29, 1.82) is 0 Å². The Morgan fingerprint density at radius 1 is 0.944 bits per heavy atom. The highest BCUT2D eigenvalue weighted by Gasteiger charge is 2.27. The van der Waals surface area contributed by atoms with Crippen molar-refractivity contribution in [2.24, 2.45) is 5.92 Å². The maximum atomic E-state index is 13.1. The van der Waals surface area contributed by atoms with Gasteiger partial charge in [0.1, 0.15) is 11.4 Å². The fraction of sp³-hybridized carbons (Fsp3) is 0.333. The molecule has 0 saturated carbocycles. The summed E-state index contributed by atoms with van der Waals surface area (Å²) in [6.07, 6.45) is 2.68. The number of piperidine rings is 1. The summed E-state index contributed by atoms with van der Waals surface area (Å²) in [5, 5.41) is 2.94. The smallest absolute Gasteiger partial charge is 0.410 e. The topological polar surface area (TPSA) is 58.6 Å². The molecule has 36 heavy (non-hydrogen) atoms. The van der Waals surface area contributed by atoms with E-state index >= 15 is 0 Å². The third kappa shape index (κ3) is 6.94. The van der Waals surface area contributed by atoms with E-state index in [2.05, 4.69) is 5.32 Å². The molecule has 1 saturated heterocycles. The summed E-state index contributed by atoms with van der Waals surface area (Å²) in [6, 6.07) is 21.4. The maximum absolute atomic E-state index is 13.1. The van der Waals surface area contributed by atoms with Gasteiger partial charge in [0.25, 0.3) is 5.91 Å². The van der Waals surface area contributed by atoms with E-state index < -0.39 is 5.60 Å². The minimum absolute atomic E-state index is 0.186. The van der Waals surface area contributed by atoms with Crippen LogP contribution in [0.25, 0.3) is 11.1 Å². The van der Waals surface area contributed by atoms with Crippen LogP contribution in [0.2, 0.25) is 0 Å². The summed E-state index contributed by atoms with van der Waals surface area (Å²) in [4.78, 5) is 26.9. The molecule has 0 aromatic heterocycles. The number of carbonyl (C=O) groups is 2. The van der Waals surface area contributed by atoms with Crippen LogP contribution >= 0.6 is 0 Å². The van der Waals surface area contributed by atoms with Gasteiger partial charge in [-0.3, -0.25) is 4.79 Å². The third-order valence-corrected chi connectivity index (χ3v) is 6.23. The van der Waals surface area contributed by atoms with E-state index in [1.54, 1.807) is 24.3 Å². The molecule has 4 rings (SSSR count). The Morgan fingerprint density at radius 3 is 2.17 bits per heavy atom. The zero-order valence-corrected chi connectivity index (χ0v) is 21.1. The number of hydrogen-bond acceptors (Lipinski definition) is 3. The second-order valence-electron chi connectivity index (χ2n) is 10.4. The fourth-order valence-corrected chi connectivity index (χ4v) is 4.44. The number of anilines is 1. The molecule has 3 aromatic rings. The molecule has 1 atom stereocenters. The molecule has 2 amide bonds. The van der Waals surface area contributed by atoms with Crippen molar-refractivity contribution in [3.63, 3.8) is 0 Å². The van der Waals surface area contributed by atoms with Gasteiger partial charge in [-0.25, -0.2) is 9.18 Å². The summed E-state index contributed by atoms with van der Waals surface area (Å²) in [6.45, 7) is 7.09. The lowest BCUT2D eigenvalue weighted by molar-refractivity contribution is 0.0166. The number of benzene rings is 3. The molecule has 5 nitrogen and oxygen atoms in total. The minimum atomic E-state index is -0.491. The van der Waals surface area contributed by atoms with Crippen LogP contribution in [0.5, 0.6) is 0 Å². The molecule has 6 heteroatoms. The maximum Gasteiger partial charge on any atom is 0.410 e. The Bertz CT molecular complexity index is 1180. The summed E-state index contributed by atoms with van der Waals surface area (Å²) in [5.41, 5.74) is 3.77. The van der Waals surface area contributed by atoms with Crippen LogP contribution in [-0.2, 0) is 11.2 Å². The number of nitrogens with zero attached hydrogens (tertiary/aromatic N) is 1. The molecule has 0 spiro atoms. The van der Waals surface area contributed by atoms with Crippen LogP contribution < -0.4 is 5.32 Å². The van der Waals surface area contributed by atoms with E-state index in [9.17, 15) is 14.0 Å². The Hall–Kier alpha value is -3.67. The van der Waals surface area contributed by atoms with E-state index in [1.807, 2.05) is 62.1 Å². The molecule has 0 radical (unpaired) electrons. The van der Waals surface area contributed by atoms with E-state index in [1.165, 1.54) is 17.7 Å². The highest BCUT2D eigenvalue weighted by molar-refractivity contribution is 6.04. The van der Waals surface area contributed by atoms with Gasteiger partial charge in [-0.05, 0) is 99.0 Å². The van der Waals surface area contributed by atoms with Crippen molar-refractivity contribution in [2.75, 3.05) is 18.4 Å². The summed E-state index contributed by atoms with van der Waals surface area (Å²) in [5.74, 6) is -0.0812. The van der Waals surface area contributed by atoms with Gasteiger partial charge in [0.05, 0.1) is 0 Å². The normalized spacial score (nSPS) is 15.9. The molecule has 0 bridgehead atoms. The van der Waals surface area contributed by atoms with Gasteiger partial charge in [0.2, 0.25) is 0 Å². The lowest BCUT2D eigenvalue weighted by atomic mass is 9.91. The minimum Gasteiger partial charge on any atom is -0.444 e. The first-order valence-electron chi connectivity index (χ1n) is 12.4. The van der Waals surface area contributed by atoms with Crippen molar-refractivity contribution in [2.45, 2.75) is 45.6 Å². The van der Waals surface area contributed by atoms with Crippen molar-refractivity contribution in [3.05, 3.63) is 89.7 Å². The monoisotopic (exact) mass is 488 g/mol. The van der Waals surface area contributed by atoms with Crippen molar-refractivity contribution in [1.82, 2.24) is 4.90 Å². The van der Waals surface area contributed by atoms with Gasteiger partial charge in [0, 0.05) is 24.3 Å². The Morgan fingerprint density at radius 2 is 1.56 bits per heavy atom. The standard InChI is InChI=1S/C30H33FN2O3/c1-30(2,3)36-29(35)33-18-4-5-22(20-33)19-21-6-16-27(17-7-21)32-28(34)25-10-8-23(9-11-25)24-12-14-26(31)15-13-24/h6-17,22H,4-5,18-20H2,1-3H3,(H,32,34). The number of ether oxygens (including phenoxy) is 1. The average molecular weight is 489 g/mol. The number of hydrogen-bond donors (Lipinski definition) is 1. The zero-order valence-electron chi connectivity index (χ0n) is 21.1. The SMILES string of the molecule is CC(C)(C)OC(=O)N1CCCC(Cc2ccc(NC(=O)c3ccc(-c4ccc(F)cc4)cc3)cc2)C1. The largest absolute Gasteiger partial charge is 0.444 e. The first-order valence-corrected chi connectivity index (χ1v) is 12.4. The first-order chi connectivity index (χ1) is 17.2. The number of amides is 2. The second kappa shape index (κ2) is 10.9. The van der Waals surface area contributed by atoms with Crippen LogP contribution in [-0.4, -0.2) is 35.6 Å². The van der Waals surface area contributed by atoms with Crippen molar-refractivity contribution in [3.8, 4) is 11.1 Å². The van der Waals surface area contributed by atoms with E-state index in [0.29, 0.717) is 18.0 Å². The van der Waals surface area contributed by atoms with Gasteiger partial charge in [-0.2, -0.15) is 0 Å². The zero-order chi connectivity index (χ0) is 25.7. The van der Waals surface area contributed by atoms with Crippen molar-refractivity contribution >= 4 is 17.7 Å². The fourth-order valence-electron chi connectivity index (χ4n) is 4.44. The van der Waals surface area contributed by atoms with Gasteiger partial charge >= 0.3 is 6.09 Å². The van der Waals surface area contributed by atoms with Crippen LogP contribution in [0, 0.1) is 11.7 Å². The molecular formula is C30H33FN2O3. The molecule has 3 aromatic carbocycles. The van der Waals surface area contributed by atoms with E-state index in [4.69, 9.17) is 4.74 Å². The summed E-state index contributed by atoms with van der Waals surface area (Å²) < 4.78 is 18.7. The average Bonchev–Trinajstić information content (AvgIpc) is 2.85. The molecule has 1 aliphatic rings. The van der Waals surface area contributed by atoms with Crippen LogP contribution in [0.15, 0.2) is 72.8 Å². The van der Waals surface area contributed by atoms with Gasteiger partial charge in [-0.1, -0.05) is 36.4 Å². The molecular weight excluding hydrogens is 455 g/mol. The summed E-state index contributed by atoms with van der Waals surface area (Å²) in [7, 11) is 0. The highest BCUT2D eigenvalue weighted by Crippen LogP contribution is 2.24. The van der Waals surface area contributed by atoms with E-state index in [-0.39, 0.29) is 17.8 Å². The quantitative estimate of drug-likeness (QED) is 0.423. The molecule has 1 aliphatic heterocycles. The molecule has 1 heterocycles. The number of nitrogens with one attached hydrogen (secondary N) is 1. The van der Waals surface area contributed by atoms with Crippen molar-refractivity contribution < 1.29 is 18.7 Å². The first kappa shape index (κ1) is 25.4. The van der Waals surface area contributed by atoms with E-state index in [0.717, 1.165) is 42.6 Å². The number of halogens is 1. The molecule has 1 unspecified atom stereocenters. The predicted octanol–water partition coefficient (Wildman–Crippen LogP) is 6.93. The second-order valence-corrected chi connectivity index (χ2v) is 10.4. The Balaban J connectivity index is 1.31. The number of likely N-dealkylation sites (tertiary alicyclic amines) is 1. The Labute approximate surface area is 212 Å². The number of rotatable bonds is 5. The van der Waals surface area contributed by atoms with Crippen LogP contribution in [0.4, 0.5) is 14.9 Å². The molecule has 1 fully saturated rings. The molecule has 1 N–H and O–H groups in total. The molecule has 0 aliphatic carbocycles. The van der Waals surface area contributed by atoms with Crippen LogP contribution in [0.1, 0.15) is 49.5 Å². The van der Waals surface area contributed by atoms with Gasteiger partial charge in [-0.15, -0.1) is 0 Å². The third-order valence-electron chi connectivity index (χ3n) is 6.23. The lowest BCUT2D eigenvalue weighted by Crippen LogP contribution is -2.43. The summed E-state index contributed by atoms with van der Waals surface area (Å²) >= 11 is 0. The van der Waals surface area contributed by atoms with Crippen LogP contribution in [0.3, 0.4) is 0 Å². The van der Waals surface area contributed by atoms with Gasteiger partial charge in [0.15, 0.2) is 0 Å². The lowest BCUT2D eigenvalue weighted by Gasteiger charge is -2.34. The highest BCUT2D eigenvalue weighted by atomic mass is 19.1.